The number of halogens is 2. The van der Waals surface area contributed by atoms with Crippen LogP contribution in [0.1, 0.15) is 31.1 Å². The third kappa shape index (κ3) is 3.05. The Morgan fingerprint density at radius 2 is 1.89 bits per heavy atom. The van der Waals surface area contributed by atoms with Gasteiger partial charge in [0, 0.05) is 23.2 Å². The second-order valence-corrected chi connectivity index (χ2v) is 5.39. The lowest BCUT2D eigenvalue weighted by Gasteiger charge is -2.20. The number of nitrogens with one attached hydrogen (secondary N) is 1. The van der Waals surface area contributed by atoms with Gasteiger partial charge in [0.05, 0.1) is 5.56 Å². The van der Waals surface area contributed by atoms with Gasteiger partial charge in [-0.1, -0.05) is 0 Å². The van der Waals surface area contributed by atoms with Crippen LogP contribution in [0.15, 0.2) is 24.4 Å². The summed E-state index contributed by atoms with van der Waals surface area (Å²) in [7, 11) is 0. The maximum absolute atomic E-state index is 13.4. The van der Waals surface area contributed by atoms with Crippen molar-refractivity contribution in [2.24, 2.45) is 0 Å². The molecular formula is C14H14F2N2O. The van der Waals surface area contributed by atoms with E-state index in [0.717, 1.165) is 12.1 Å². The lowest BCUT2D eigenvalue weighted by Crippen LogP contribution is -2.40. The number of carbonyl (C=O) groups is 1. The molecule has 100 valence electrons. The first-order chi connectivity index (χ1) is 8.76. The molecule has 0 aliphatic carbocycles. The molecule has 2 rings (SSSR count). The molecule has 0 atom stereocenters. The Kier molecular flexibility index (Phi) is 3.22. The minimum Gasteiger partial charge on any atom is -0.347 e. The molecule has 2 aromatic rings. The van der Waals surface area contributed by atoms with E-state index < -0.39 is 11.6 Å². The van der Waals surface area contributed by atoms with Crippen molar-refractivity contribution in [3.05, 3.63) is 41.6 Å². The quantitative estimate of drug-likeness (QED) is 0.860. The topological polar surface area (TPSA) is 42.0 Å². The van der Waals surface area contributed by atoms with E-state index in [9.17, 15) is 13.6 Å². The Hall–Kier alpha value is -2.04. The second-order valence-electron chi connectivity index (χ2n) is 5.39. The summed E-state index contributed by atoms with van der Waals surface area (Å²) in [5.74, 6) is -1.76. The van der Waals surface area contributed by atoms with Crippen LogP contribution >= 0.6 is 0 Å². The summed E-state index contributed by atoms with van der Waals surface area (Å²) in [5, 5.41) is 3.03. The number of rotatable bonds is 1. The fourth-order valence-electron chi connectivity index (χ4n) is 1.71. The van der Waals surface area contributed by atoms with Gasteiger partial charge in [0.2, 0.25) is 0 Å². The number of carbonyl (C=O) groups excluding carboxylic acids is 1. The average Bonchev–Trinajstić information content (AvgIpc) is 2.25. The molecule has 0 aliphatic heterocycles. The van der Waals surface area contributed by atoms with E-state index in [1.807, 2.05) is 20.8 Å². The molecule has 0 aliphatic rings. The zero-order chi connectivity index (χ0) is 14.2. The van der Waals surface area contributed by atoms with Crippen LogP contribution in [0.2, 0.25) is 0 Å². The second kappa shape index (κ2) is 4.57. The minimum atomic E-state index is -0.738. The van der Waals surface area contributed by atoms with Crippen LogP contribution in [0.4, 0.5) is 8.78 Å². The smallest absolute Gasteiger partial charge is 0.253 e. The van der Waals surface area contributed by atoms with Gasteiger partial charge in [0.25, 0.3) is 5.91 Å². The number of benzene rings is 1. The van der Waals surface area contributed by atoms with Gasteiger partial charge in [-0.25, -0.2) is 8.78 Å². The molecule has 1 heterocycles. The molecule has 0 bridgehead atoms. The standard InChI is InChI=1S/C14H14F2N2O/c1-14(2,3)18-13(19)9-4-8-5-10(15)6-11(16)12(8)17-7-9/h4-7H,1-3H3,(H,18,19). The van der Waals surface area contributed by atoms with Crippen molar-refractivity contribution in [3.63, 3.8) is 0 Å². The molecule has 1 aromatic heterocycles. The van der Waals surface area contributed by atoms with E-state index in [-0.39, 0.29) is 27.9 Å². The molecule has 0 spiro atoms. The fourth-order valence-corrected chi connectivity index (χ4v) is 1.71. The van der Waals surface area contributed by atoms with Crippen LogP contribution in [0, 0.1) is 11.6 Å². The van der Waals surface area contributed by atoms with Crippen molar-refractivity contribution in [1.82, 2.24) is 10.3 Å². The SMILES string of the molecule is CC(C)(C)NC(=O)c1cnc2c(F)cc(F)cc2c1. The van der Waals surface area contributed by atoms with E-state index in [0.29, 0.717) is 0 Å². The first kappa shape index (κ1) is 13.4. The number of nitrogens with zero attached hydrogens (tertiary/aromatic N) is 1. The van der Waals surface area contributed by atoms with Crippen LogP contribution in [0.5, 0.6) is 0 Å². The van der Waals surface area contributed by atoms with E-state index in [1.165, 1.54) is 12.3 Å². The van der Waals surface area contributed by atoms with E-state index in [1.54, 1.807) is 0 Å². The van der Waals surface area contributed by atoms with Crippen LogP contribution < -0.4 is 5.32 Å². The van der Waals surface area contributed by atoms with Gasteiger partial charge < -0.3 is 5.32 Å². The molecule has 0 saturated heterocycles. The summed E-state index contributed by atoms with van der Waals surface area (Å²) >= 11 is 0. The summed E-state index contributed by atoms with van der Waals surface area (Å²) in [4.78, 5) is 15.8. The predicted molar refractivity (Wildman–Crippen MR) is 68.9 cm³/mol. The number of fused-ring (bicyclic) bond motifs is 1. The van der Waals surface area contributed by atoms with Gasteiger partial charge in [-0.15, -0.1) is 0 Å². The number of pyridine rings is 1. The van der Waals surface area contributed by atoms with Gasteiger partial charge in [-0.3, -0.25) is 9.78 Å². The van der Waals surface area contributed by atoms with Crippen molar-refractivity contribution in [2.75, 3.05) is 0 Å². The molecule has 0 fully saturated rings. The van der Waals surface area contributed by atoms with Gasteiger partial charge >= 0.3 is 0 Å². The summed E-state index contributed by atoms with van der Waals surface area (Å²) in [6, 6.07) is 3.35. The number of hydrogen-bond acceptors (Lipinski definition) is 2. The van der Waals surface area contributed by atoms with E-state index >= 15 is 0 Å². The molecule has 0 radical (unpaired) electrons. The first-order valence-corrected chi connectivity index (χ1v) is 5.83. The number of aromatic nitrogens is 1. The van der Waals surface area contributed by atoms with Crippen molar-refractivity contribution < 1.29 is 13.6 Å². The third-order valence-corrected chi connectivity index (χ3v) is 2.45. The van der Waals surface area contributed by atoms with E-state index in [4.69, 9.17) is 0 Å². The molecule has 1 N–H and O–H groups in total. The summed E-state index contributed by atoms with van der Waals surface area (Å²) in [6.07, 6.45) is 1.28. The normalized spacial score (nSPS) is 11.6. The van der Waals surface area contributed by atoms with Crippen LogP contribution in [0.25, 0.3) is 10.9 Å². The molecule has 5 heteroatoms. The van der Waals surface area contributed by atoms with Crippen molar-refractivity contribution in [2.45, 2.75) is 26.3 Å². The van der Waals surface area contributed by atoms with Crippen molar-refractivity contribution >= 4 is 16.8 Å². The highest BCUT2D eigenvalue weighted by molar-refractivity contribution is 5.97. The molecule has 0 saturated carbocycles. The highest BCUT2D eigenvalue weighted by Crippen LogP contribution is 2.19. The molecule has 1 aromatic carbocycles. The molecule has 1 amide bonds. The van der Waals surface area contributed by atoms with Crippen LogP contribution in [-0.4, -0.2) is 16.4 Å². The molecular weight excluding hydrogens is 250 g/mol. The van der Waals surface area contributed by atoms with E-state index in [2.05, 4.69) is 10.3 Å². The van der Waals surface area contributed by atoms with Crippen molar-refractivity contribution in [1.29, 1.82) is 0 Å². The summed E-state index contributed by atoms with van der Waals surface area (Å²) in [5.41, 5.74) is -0.0692. The first-order valence-electron chi connectivity index (χ1n) is 5.83. The van der Waals surface area contributed by atoms with Gasteiger partial charge in [-0.05, 0) is 32.9 Å². The summed E-state index contributed by atoms with van der Waals surface area (Å²) < 4.78 is 26.6. The Balaban J connectivity index is 2.44. The Morgan fingerprint density at radius 3 is 2.53 bits per heavy atom. The highest BCUT2D eigenvalue weighted by atomic mass is 19.1. The maximum atomic E-state index is 13.4. The van der Waals surface area contributed by atoms with Gasteiger partial charge in [0.15, 0.2) is 5.82 Å². The number of amides is 1. The molecule has 19 heavy (non-hydrogen) atoms. The lowest BCUT2D eigenvalue weighted by atomic mass is 10.1. The summed E-state index contributed by atoms with van der Waals surface area (Å²) in [6.45, 7) is 5.54. The zero-order valence-corrected chi connectivity index (χ0v) is 10.9. The zero-order valence-electron chi connectivity index (χ0n) is 10.9. The lowest BCUT2D eigenvalue weighted by molar-refractivity contribution is 0.0919. The van der Waals surface area contributed by atoms with Gasteiger partial charge in [-0.2, -0.15) is 0 Å². The highest BCUT2D eigenvalue weighted by Gasteiger charge is 2.16. The average molecular weight is 264 g/mol. The number of hydrogen-bond donors (Lipinski definition) is 1. The monoisotopic (exact) mass is 264 g/mol. The largest absolute Gasteiger partial charge is 0.347 e. The maximum Gasteiger partial charge on any atom is 0.253 e. The third-order valence-electron chi connectivity index (χ3n) is 2.45. The minimum absolute atomic E-state index is 0.0497. The van der Waals surface area contributed by atoms with Crippen LogP contribution in [-0.2, 0) is 0 Å². The molecule has 3 nitrogen and oxygen atoms in total. The molecule has 0 unspecified atom stereocenters. The van der Waals surface area contributed by atoms with Gasteiger partial charge in [0.1, 0.15) is 11.3 Å². The predicted octanol–water partition coefficient (Wildman–Crippen LogP) is 3.04. The Morgan fingerprint density at radius 1 is 1.21 bits per heavy atom. The Labute approximate surface area is 109 Å². The van der Waals surface area contributed by atoms with Crippen LogP contribution in [0.3, 0.4) is 0 Å². The fraction of sp³-hybridized carbons (Fsp3) is 0.286. The van der Waals surface area contributed by atoms with Crippen molar-refractivity contribution in [3.8, 4) is 0 Å². The Bertz CT molecular complexity index is 648.